The maximum atomic E-state index is 4.10. The molecule has 2 rings (SSSR count). The Hall–Kier alpha value is -0.740. The first kappa shape index (κ1) is 8.84. The van der Waals surface area contributed by atoms with Crippen LogP contribution in [-0.2, 0) is 0 Å². The first-order valence-corrected chi connectivity index (χ1v) is 5.17. The fourth-order valence-electron chi connectivity index (χ4n) is 1.21. The lowest BCUT2D eigenvalue weighted by Crippen LogP contribution is -2.32. The molecule has 4 heteroatoms. The highest BCUT2D eigenvalue weighted by atomic mass is 32.2. The van der Waals surface area contributed by atoms with Gasteiger partial charge in [-0.05, 0) is 31.9 Å². The van der Waals surface area contributed by atoms with Crippen molar-refractivity contribution in [3.8, 4) is 0 Å². The lowest BCUT2D eigenvalue weighted by atomic mass is 10.4. The zero-order valence-electron chi connectivity index (χ0n) is 7.82. The third-order valence-electron chi connectivity index (χ3n) is 2.00. The fourth-order valence-corrected chi connectivity index (χ4v) is 2.15. The highest BCUT2D eigenvalue weighted by Crippen LogP contribution is 2.33. The van der Waals surface area contributed by atoms with Crippen LogP contribution in [0.25, 0.3) is 0 Å². The Labute approximate surface area is 82.7 Å². The quantitative estimate of drug-likeness (QED) is 0.695. The molecule has 1 aliphatic heterocycles. The Morgan fingerprint density at radius 3 is 3.23 bits per heavy atom. The van der Waals surface area contributed by atoms with Crippen LogP contribution in [0.15, 0.2) is 23.4 Å². The van der Waals surface area contributed by atoms with Gasteiger partial charge in [-0.25, -0.2) is 4.31 Å². The second-order valence-corrected chi connectivity index (χ2v) is 4.40. The van der Waals surface area contributed by atoms with E-state index in [9.17, 15) is 0 Å². The highest BCUT2D eigenvalue weighted by Gasteiger charge is 2.18. The van der Waals surface area contributed by atoms with Crippen molar-refractivity contribution in [2.45, 2.75) is 24.8 Å². The van der Waals surface area contributed by atoms with Crippen LogP contribution in [-0.4, -0.2) is 22.0 Å². The van der Waals surface area contributed by atoms with Gasteiger partial charge >= 0.3 is 0 Å². The summed E-state index contributed by atoms with van der Waals surface area (Å²) in [6.45, 7) is 5.28. The molecule has 0 amide bonds. The van der Waals surface area contributed by atoms with Crippen molar-refractivity contribution in [3.63, 3.8) is 0 Å². The molecule has 0 saturated heterocycles. The Bertz CT molecular complexity index is 301. The van der Waals surface area contributed by atoms with Gasteiger partial charge in [-0.2, -0.15) is 0 Å². The van der Waals surface area contributed by atoms with Crippen LogP contribution in [0.5, 0.6) is 0 Å². The van der Waals surface area contributed by atoms with Crippen LogP contribution in [0.1, 0.15) is 13.8 Å². The molecule has 70 valence electrons. The zero-order chi connectivity index (χ0) is 9.26. The summed E-state index contributed by atoms with van der Waals surface area (Å²) in [5, 5.41) is 3.36. The van der Waals surface area contributed by atoms with Gasteiger partial charge in [0.2, 0.25) is 0 Å². The van der Waals surface area contributed by atoms with Crippen molar-refractivity contribution in [3.05, 3.63) is 18.5 Å². The van der Waals surface area contributed by atoms with Crippen LogP contribution in [0.4, 0.5) is 5.69 Å². The number of hydrogen-bond donors (Lipinski definition) is 1. The summed E-state index contributed by atoms with van der Waals surface area (Å²) >= 11 is 1.77. The van der Waals surface area contributed by atoms with Crippen molar-refractivity contribution in [1.29, 1.82) is 0 Å². The van der Waals surface area contributed by atoms with E-state index in [0.717, 1.165) is 6.67 Å². The van der Waals surface area contributed by atoms with Gasteiger partial charge in [-0.1, -0.05) is 0 Å². The van der Waals surface area contributed by atoms with Gasteiger partial charge in [0, 0.05) is 18.4 Å². The summed E-state index contributed by atoms with van der Waals surface area (Å²) in [5.41, 5.74) is 1.19. The molecule has 0 aliphatic carbocycles. The Morgan fingerprint density at radius 2 is 2.46 bits per heavy atom. The normalized spacial score (nSPS) is 16.8. The van der Waals surface area contributed by atoms with Gasteiger partial charge in [-0.3, -0.25) is 4.98 Å². The number of hydrogen-bond acceptors (Lipinski definition) is 4. The topological polar surface area (TPSA) is 28.2 Å². The van der Waals surface area contributed by atoms with E-state index in [2.05, 4.69) is 28.5 Å². The van der Waals surface area contributed by atoms with Gasteiger partial charge < -0.3 is 5.32 Å². The monoisotopic (exact) mass is 195 g/mol. The van der Waals surface area contributed by atoms with Crippen molar-refractivity contribution < 1.29 is 0 Å². The molecule has 1 N–H and O–H groups in total. The molecule has 1 aromatic rings. The van der Waals surface area contributed by atoms with Gasteiger partial charge in [0.1, 0.15) is 0 Å². The van der Waals surface area contributed by atoms with Crippen molar-refractivity contribution in [1.82, 2.24) is 9.29 Å². The predicted octanol–water partition coefficient (Wildman–Crippen LogP) is 2.18. The molecule has 0 unspecified atom stereocenters. The Morgan fingerprint density at radius 1 is 1.62 bits per heavy atom. The van der Waals surface area contributed by atoms with E-state index in [1.807, 2.05) is 18.5 Å². The van der Waals surface area contributed by atoms with Crippen molar-refractivity contribution in [2.24, 2.45) is 0 Å². The molecule has 3 nitrogen and oxygen atoms in total. The average Bonchev–Trinajstić information content (AvgIpc) is 2.17. The molecule has 0 spiro atoms. The van der Waals surface area contributed by atoms with Crippen LogP contribution < -0.4 is 5.32 Å². The Balaban J connectivity index is 2.20. The van der Waals surface area contributed by atoms with E-state index >= 15 is 0 Å². The highest BCUT2D eigenvalue weighted by molar-refractivity contribution is 7.97. The van der Waals surface area contributed by atoms with Gasteiger partial charge in [0.25, 0.3) is 0 Å². The number of rotatable bonds is 1. The standard InChI is InChI=1S/C9H13N3S/c1-7(2)12-6-11-8-3-4-10-5-9(8)13-12/h3-5,7,11H,6H2,1-2H3. The predicted molar refractivity (Wildman–Crippen MR) is 55.6 cm³/mol. The second kappa shape index (κ2) is 3.55. The van der Waals surface area contributed by atoms with Gasteiger partial charge in [0.15, 0.2) is 0 Å². The van der Waals surface area contributed by atoms with E-state index < -0.39 is 0 Å². The molecule has 0 saturated carbocycles. The number of nitrogens with zero attached hydrogens (tertiary/aromatic N) is 2. The minimum absolute atomic E-state index is 0.547. The van der Waals surface area contributed by atoms with Gasteiger partial charge in [-0.15, -0.1) is 0 Å². The maximum absolute atomic E-state index is 4.10. The largest absolute Gasteiger partial charge is 0.370 e. The molecule has 13 heavy (non-hydrogen) atoms. The molecule has 2 heterocycles. The van der Waals surface area contributed by atoms with Crippen molar-refractivity contribution in [2.75, 3.05) is 12.0 Å². The summed E-state index contributed by atoms with van der Waals surface area (Å²) in [4.78, 5) is 5.31. The van der Waals surface area contributed by atoms with E-state index in [-0.39, 0.29) is 0 Å². The first-order valence-electron chi connectivity index (χ1n) is 4.40. The summed E-state index contributed by atoms with van der Waals surface area (Å²) < 4.78 is 2.30. The van der Waals surface area contributed by atoms with Crippen LogP contribution in [0, 0.1) is 0 Å². The van der Waals surface area contributed by atoms with E-state index in [1.54, 1.807) is 11.9 Å². The van der Waals surface area contributed by atoms with Crippen molar-refractivity contribution >= 4 is 17.6 Å². The smallest absolute Gasteiger partial charge is 0.0781 e. The molecule has 0 aromatic carbocycles. The number of nitrogens with one attached hydrogen (secondary N) is 1. The first-order chi connectivity index (χ1) is 6.27. The number of anilines is 1. The molecular weight excluding hydrogens is 182 g/mol. The van der Waals surface area contributed by atoms with E-state index in [4.69, 9.17) is 0 Å². The molecule has 1 aliphatic rings. The number of fused-ring (bicyclic) bond motifs is 1. The van der Waals surface area contributed by atoms with E-state index in [0.29, 0.717) is 6.04 Å². The minimum atomic E-state index is 0.547. The fraction of sp³-hybridized carbons (Fsp3) is 0.444. The summed E-state index contributed by atoms with van der Waals surface area (Å²) in [7, 11) is 0. The summed E-state index contributed by atoms with van der Waals surface area (Å²) in [5.74, 6) is 0. The molecule has 0 atom stereocenters. The molecule has 0 fully saturated rings. The molecular formula is C9H13N3S. The summed E-state index contributed by atoms with van der Waals surface area (Å²) in [6, 6.07) is 2.56. The SMILES string of the molecule is CC(C)N1CNc2ccncc2S1. The number of pyridine rings is 1. The van der Waals surface area contributed by atoms with Crippen LogP contribution >= 0.6 is 11.9 Å². The zero-order valence-corrected chi connectivity index (χ0v) is 8.64. The molecule has 0 radical (unpaired) electrons. The number of aromatic nitrogens is 1. The van der Waals surface area contributed by atoms with E-state index in [1.165, 1.54) is 10.6 Å². The minimum Gasteiger partial charge on any atom is -0.370 e. The van der Waals surface area contributed by atoms with Gasteiger partial charge in [0.05, 0.1) is 17.3 Å². The molecule has 1 aromatic heterocycles. The second-order valence-electron chi connectivity index (χ2n) is 3.31. The van der Waals surface area contributed by atoms with Crippen LogP contribution in [0.3, 0.4) is 0 Å². The molecule has 0 bridgehead atoms. The lowest BCUT2D eigenvalue weighted by molar-refractivity contribution is 0.416. The van der Waals surface area contributed by atoms with Crippen LogP contribution in [0.2, 0.25) is 0 Å². The third-order valence-corrected chi connectivity index (χ3v) is 3.31. The average molecular weight is 195 g/mol. The third kappa shape index (κ3) is 1.78. The Kier molecular flexibility index (Phi) is 2.42. The lowest BCUT2D eigenvalue weighted by Gasteiger charge is -2.30. The summed E-state index contributed by atoms with van der Waals surface area (Å²) in [6.07, 6.45) is 3.72. The maximum Gasteiger partial charge on any atom is 0.0781 e.